The van der Waals surface area contributed by atoms with Crippen LogP contribution in [-0.2, 0) is 4.79 Å². The van der Waals surface area contributed by atoms with Gasteiger partial charge in [-0.1, -0.05) is 19.0 Å². The van der Waals surface area contributed by atoms with Crippen molar-refractivity contribution in [3.63, 3.8) is 0 Å². The van der Waals surface area contributed by atoms with Gasteiger partial charge in [0.05, 0.1) is 5.69 Å². The quantitative estimate of drug-likeness (QED) is 0.789. The fourth-order valence-electron chi connectivity index (χ4n) is 1.64. The Hall–Kier alpha value is -1.85. The first-order valence-electron chi connectivity index (χ1n) is 6.23. The molecule has 0 fully saturated rings. The van der Waals surface area contributed by atoms with E-state index in [1.165, 1.54) is 0 Å². The molecule has 0 saturated heterocycles. The van der Waals surface area contributed by atoms with Crippen molar-refractivity contribution in [2.24, 2.45) is 5.41 Å². The molecule has 0 saturated carbocycles. The number of amides is 1. The van der Waals surface area contributed by atoms with Gasteiger partial charge in [-0.2, -0.15) is 0 Å². The minimum atomic E-state index is -0.797. The Morgan fingerprint density at radius 1 is 1.42 bits per heavy atom. The van der Waals surface area contributed by atoms with Gasteiger partial charge in [-0.05, 0) is 25.2 Å². The van der Waals surface area contributed by atoms with Crippen LogP contribution in [0.25, 0.3) is 0 Å². The minimum Gasteiger partial charge on any atom is -0.481 e. The minimum absolute atomic E-state index is 0.122. The van der Waals surface area contributed by atoms with Crippen molar-refractivity contribution in [2.45, 2.75) is 40.0 Å². The third kappa shape index (κ3) is 5.54. The number of rotatable bonds is 7. The summed E-state index contributed by atoms with van der Waals surface area (Å²) in [6.07, 6.45) is 1.43. The number of carbonyl (C=O) groups is 2. The van der Waals surface area contributed by atoms with Crippen LogP contribution in [0, 0.1) is 12.3 Å². The van der Waals surface area contributed by atoms with Crippen LogP contribution >= 0.6 is 0 Å². The summed E-state index contributed by atoms with van der Waals surface area (Å²) in [6, 6.07) is 1.57. The predicted molar refractivity (Wildman–Crippen MR) is 68.8 cm³/mol. The van der Waals surface area contributed by atoms with Gasteiger partial charge < -0.3 is 14.9 Å². The molecule has 0 unspecified atom stereocenters. The number of aliphatic carboxylic acids is 1. The lowest BCUT2D eigenvalue weighted by atomic mass is 9.84. The number of aryl methyl sites for hydroxylation is 1. The number of aromatic nitrogens is 1. The van der Waals surface area contributed by atoms with Gasteiger partial charge >= 0.3 is 5.97 Å². The zero-order chi connectivity index (χ0) is 14.5. The molecule has 1 heterocycles. The molecule has 0 aliphatic carbocycles. The van der Waals surface area contributed by atoms with E-state index < -0.39 is 5.97 Å². The second-order valence-electron chi connectivity index (χ2n) is 5.40. The smallest absolute Gasteiger partial charge is 0.303 e. The molecule has 6 nitrogen and oxygen atoms in total. The van der Waals surface area contributed by atoms with Crippen molar-refractivity contribution >= 4 is 11.9 Å². The Morgan fingerprint density at radius 3 is 2.63 bits per heavy atom. The van der Waals surface area contributed by atoms with Crippen LogP contribution in [0.15, 0.2) is 10.6 Å². The summed E-state index contributed by atoms with van der Waals surface area (Å²) < 4.78 is 4.85. The monoisotopic (exact) mass is 268 g/mol. The summed E-state index contributed by atoms with van der Waals surface area (Å²) in [6.45, 7) is 6.20. The molecule has 1 amide bonds. The van der Waals surface area contributed by atoms with Gasteiger partial charge in [0.1, 0.15) is 0 Å². The summed E-state index contributed by atoms with van der Waals surface area (Å²) in [5, 5.41) is 15.0. The van der Waals surface area contributed by atoms with E-state index >= 15 is 0 Å². The van der Waals surface area contributed by atoms with Gasteiger partial charge in [0.25, 0.3) is 5.91 Å². The molecule has 0 aliphatic rings. The first-order chi connectivity index (χ1) is 8.80. The molecular weight excluding hydrogens is 248 g/mol. The van der Waals surface area contributed by atoms with Crippen LogP contribution in [0.5, 0.6) is 0 Å². The summed E-state index contributed by atoms with van der Waals surface area (Å²) in [5.41, 5.74) is 0.537. The number of carbonyl (C=O) groups excluding carboxylic acids is 1. The Bertz CT molecular complexity index is 451. The molecule has 0 spiro atoms. The van der Waals surface area contributed by atoms with E-state index in [0.717, 1.165) is 0 Å². The van der Waals surface area contributed by atoms with Crippen molar-refractivity contribution in [1.82, 2.24) is 10.5 Å². The van der Waals surface area contributed by atoms with Crippen LogP contribution < -0.4 is 5.32 Å². The largest absolute Gasteiger partial charge is 0.481 e. The molecule has 1 rings (SSSR count). The van der Waals surface area contributed by atoms with E-state index in [9.17, 15) is 9.59 Å². The Morgan fingerprint density at radius 2 is 2.11 bits per heavy atom. The summed E-state index contributed by atoms with van der Waals surface area (Å²) in [7, 11) is 0. The topological polar surface area (TPSA) is 92.4 Å². The zero-order valence-corrected chi connectivity index (χ0v) is 11.5. The number of carboxylic acids is 1. The number of nitrogens with zero attached hydrogens (tertiary/aromatic N) is 1. The fraction of sp³-hybridized carbons (Fsp3) is 0.615. The zero-order valence-electron chi connectivity index (χ0n) is 11.5. The molecule has 6 heteroatoms. The second-order valence-corrected chi connectivity index (χ2v) is 5.40. The molecule has 0 aromatic carbocycles. The SMILES string of the molecule is Cc1cc(C(=O)NCCC(C)(C)CCC(=O)O)on1. The van der Waals surface area contributed by atoms with Crippen molar-refractivity contribution in [3.8, 4) is 0 Å². The molecular formula is C13H20N2O4. The van der Waals surface area contributed by atoms with E-state index in [1.54, 1.807) is 13.0 Å². The molecule has 0 radical (unpaired) electrons. The van der Waals surface area contributed by atoms with E-state index in [2.05, 4.69) is 10.5 Å². The van der Waals surface area contributed by atoms with Crippen LogP contribution in [-0.4, -0.2) is 28.7 Å². The lowest BCUT2D eigenvalue weighted by Crippen LogP contribution is -2.28. The maximum Gasteiger partial charge on any atom is 0.303 e. The lowest BCUT2D eigenvalue weighted by Gasteiger charge is -2.23. The van der Waals surface area contributed by atoms with Gasteiger partial charge in [-0.3, -0.25) is 9.59 Å². The van der Waals surface area contributed by atoms with Gasteiger partial charge in [0, 0.05) is 19.0 Å². The third-order valence-electron chi connectivity index (χ3n) is 2.95. The maximum atomic E-state index is 11.7. The van der Waals surface area contributed by atoms with Gasteiger partial charge in [-0.25, -0.2) is 0 Å². The van der Waals surface area contributed by atoms with Gasteiger partial charge in [0.2, 0.25) is 5.76 Å². The highest BCUT2D eigenvalue weighted by Crippen LogP contribution is 2.26. The van der Waals surface area contributed by atoms with E-state index in [0.29, 0.717) is 25.1 Å². The van der Waals surface area contributed by atoms with Crippen LogP contribution in [0.4, 0.5) is 0 Å². The number of hydrogen-bond acceptors (Lipinski definition) is 4. The van der Waals surface area contributed by atoms with E-state index in [4.69, 9.17) is 9.63 Å². The highest BCUT2D eigenvalue weighted by molar-refractivity contribution is 5.91. The fourth-order valence-corrected chi connectivity index (χ4v) is 1.64. The first kappa shape index (κ1) is 15.2. The standard InChI is InChI=1S/C13H20N2O4/c1-9-8-10(19-15-9)12(18)14-7-6-13(2,3)5-4-11(16)17/h8H,4-7H2,1-3H3,(H,14,18)(H,16,17). The van der Waals surface area contributed by atoms with Gasteiger partial charge in [0.15, 0.2) is 0 Å². The van der Waals surface area contributed by atoms with Gasteiger partial charge in [-0.15, -0.1) is 0 Å². The summed E-state index contributed by atoms with van der Waals surface area (Å²) in [5.74, 6) is -0.898. The van der Waals surface area contributed by atoms with Crippen LogP contribution in [0.2, 0.25) is 0 Å². The Labute approximate surface area is 112 Å². The number of carboxylic acid groups (broad SMARTS) is 1. The molecule has 19 heavy (non-hydrogen) atoms. The molecule has 106 valence electrons. The van der Waals surface area contributed by atoms with E-state index in [-0.39, 0.29) is 23.5 Å². The Kier molecular flexibility index (Phi) is 5.09. The predicted octanol–water partition coefficient (Wildman–Crippen LogP) is 1.99. The lowest BCUT2D eigenvalue weighted by molar-refractivity contribution is -0.137. The first-order valence-corrected chi connectivity index (χ1v) is 6.23. The molecule has 0 bridgehead atoms. The van der Waals surface area contributed by atoms with Crippen LogP contribution in [0.1, 0.15) is 49.4 Å². The molecule has 1 aromatic rings. The molecule has 2 N–H and O–H groups in total. The highest BCUT2D eigenvalue weighted by Gasteiger charge is 2.20. The van der Waals surface area contributed by atoms with Crippen molar-refractivity contribution in [2.75, 3.05) is 6.54 Å². The highest BCUT2D eigenvalue weighted by atomic mass is 16.5. The summed E-state index contributed by atoms with van der Waals surface area (Å²) >= 11 is 0. The van der Waals surface area contributed by atoms with Crippen molar-refractivity contribution < 1.29 is 19.2 Å². The second kappa shape index (κ2) is 6.36. The molecule has 0 atom stereocenters. The normalized spacial score (nSPS) is 11.3. The maximum absolute atomic E-state index is 11.7. The number of nitrogens with one attached hydrogen (secondary N) is 1. The van der Waals surface area contributed by atoms with E-state index in [1.807, 2.05) is 13.8 Å². The average molecular weight is 268 g/mol. The molecule has 1 aromatic heterocycles. The average Bonchev–Trinajstić information content (AvgIpc) is 2.73. The molecule has 0 aliphatic heterocycles. The Balaban J connectivity index is 2.33. The summed E-state index contributed by atoms with van der Waals surface area (Å²) in [4.78, 5) is 22.2. The number of hydrogen-bond donors (Lipinski definition) is 2. The van der Waals surface area contributed by atoms with Crippen molar-refractivity contribution in [1.29, 1.82) is 0 Å². The van der Waals surface area contributed by atoms with Crippen LogP contribution in [0.3, 0.4) is 0 Å². The van der Waals surface area contributed by atoms with Crippen molar-refractivity contribution in [3.05, 3.63) is 17.5 Å². The third-order valence-corrected chi connectivity index (χ3v) is 2.95.